The van der Waals surface area contributed by atoms with Crippen LogP contribution in [0, 0.1) is 6.92 Å². The van der Waals surface area contributed by atoms with Crippen molar-refractivity contribution in [2.75, 3.05) is 13.7 Å². The second-order valence-electron chi connectivity index (χ2n) is 4.34. The molecule has 1 atom stereocenters. The van der Waals surface area contributed by atoms with Crippen molar-refractivity contribution in [1.82, 2.24) is 5.32 Å². The van der Waals surface area contributed by atoms with Crippen LogP contribution in [0.2, 0.25) is 0 Å². The van der Waals surface area contributed by atoms with Crippen LogP contribution in [0.4, 0.5) is 0 Å². The molecule has 2 rings (SSSR count). The summed E-state index contributed by atoms with van der Waals surface area (Å²) in [5.74, 6) is 0.910. The summed E-state index contributed by atoms with van der Waals surface area (Å²) >= 11 is 5.28. The van der Waals surface area contributed by atoms with Crippen molar-refractivity contribution in [1.29, 1.82) is 0 Å². The Morgan fingerprint density at radius 2 is 2.16 bits per heavy atom. The third-order valence-electron chi connectivity index (χ3n) is 3.08. The normalized spacial score (nSPS) is 12.4. The van der Waals surface area contributed by atoms with Gasteiger partial charge in [0.1, 0.15) is 5.75 Å². The maximum atomic E-state index is 5.53. The van der Waals surface area contributed by atoms with Gasteiger partial charge in [-0.25, -0.2) is 0 Å². The van der Waals surface area contributed by atoms with Crippen molar-refractivity contribution in [3.05, 3.63) is 50.1 Å². The molecule has 0 radical (unpaired) electrons. The predicted molar refractivity (Wildman–Crippen MR) is 85.3 cm³/mol. The molecule has 0 fully saturated rings. The minimum absolute atomic E-state index is 0.188. The topological polar surface area (TPSA) is 21.3 Å². The summed E-state index contributed by atoms with van der Waals surface area (Å²) < 4.78 is 6.56. The molecule has 0 spiro atoms. The van der Waals surface area contributed by atoms with Gasteiger partial charge in [-0.15, -0.1) is 11.3 Å². The number of benzene rings is 1. The monoisotopic (exact) mass is 339 g/mol. The summed E-state index contributed by atoms with van der Waals surface area (Å²) in [6.45, 7) is 5.20. The average molecular weight is 340 g/mol. The zero-order valence-electron chi connectivity index (χ0n) is 11.4. The van der Waals surface area contributed by atoms with Gasteiger partial charge in [-0.3, -0.25) is 0 Å². The fraction of sp³-hybridized carbons (Fsp3) is 0.333. The molecule has 0 aliphatic heterocycles. The molecule has 0 saturated heterocycles. The van der Waals surface area contributed by atoms with Gasteiger partial charge < -0.3 is 10.1 Å². The van der Waals surface area contributed by atoms with Crippen LogP contribution in [-0.4, -0.2) is 13.7 Å². The summed E-state index contributed by atoms with van der Waals surface area (Å²) in [7, 11) is 1.72. The van der Waals surface area contributed by atoms with E-state index in [0.29, 0.717) is 0 Å². The Morgan fingerprint density at radius 3 is 2.74 bits per heavy atom. The molecular formula is C15H18BrNOS. The van der Waals surface area contributed by atoms with Gasteiger partial charge in [-0.2, -0.15) is 0 Å². The van der Waals surface area contributed by atoms with Gasteiger partial charge in [0.05, 0.1) is 13.2 Å². The molecule has 1 N–H and O–H groups in total. The number of thiophene rings is 1. The molecule has 0 aliphatic carbocycles. The summed E-state index contributed by atoms with van der Waals surface area (Å²) in [4.78, 5) is 1.35. The van der Waals surface area contributed by atoms with Crippen LogP contribution in [0.25, 0.3) is 0 Å². The summed E-state index contributed by atoms with van der Waals surface area (Å²) in [6.07, 6.45) is 0. The lowest BCUT2D eigenvalue weighted by molar-refractivity contribution is 0.404. The van der Waals surface area contributed by atoms with Gasteiger partial charge in [0.2, 0.25) is 0 Å². The molecule has 1 heterocycles. The smallest absolute Gasteiger partial charge is 0.125 e. The Kier molecular flexibility index (Phi) is 5.02. The highest BCUT2D eigenvalue weighted by molar-refractivity contribution is 9.10. The van der Waals surface area contributed by atoms with Crippen LogP contribution < -0.4 is 10.1 Å². The van der Waals surface area contributed by atoms with Crippen molar-refractivity contribution in [3.63, 3.8) is 0 Å². The maximum absolute atomic E-state index is 5.53. The van der Waals surface area contributed by atoms with Crippen molar-refractivity contribution in [3.8, 4) is 5.75 Å². The zero-order valence-corrected chi connectivity index (χ0v) is 13.8. The van der Waals surface area contributed by atoms with Gasteiger partial charge in [0, 0.05) is 14.9 Å². The van der Waals surface area contributed by atoms with Crippen LogP contribution in [0.5, 0.6) is 5.75 Å². The molecule has 1 aromatic heterocycles. The molecule has 102 valence electrons. The summed E-state index contributed by atoms with van der Waals surface area (Å²) in [5, 5.41) is 5.69. The van der Waals surface area contributed by atoms with Gasteiger partial charge >= 0.3 is 0 Å². The Morgan fingerprint density at radius 1 is 1.37 bits per heavy atom. The summed E-state index contributed by atoms with van der Waals surface area (Å²) in [6, 6.07) is 8.55. The molecule has 19 heavy (non-hydrogen) atoms. The van der Waals surface area contributed by atoms with E-state index < -0.39 is 0 Å². The highest BCUT2D eigenvalue weighted by Gasteiger charge is 2.20. The van der Waals surface area contributed by atoms with Crippen LogP contribution in [-0.2, 0) is 0 Å². The third kappa shape index (κ3) is 3.19. The van der Waals surface area contributed by atoms with Gasteiger partial charge in [-0.1, -0.05) is 28.9 Å². The first-order chi connectivity index (χ1) is 9.17. The molecule has 0 aliphatic rings. The molecule has 0 bridgehead atoms. The minimum atomic E-state index is 0.188. The van der Waals surface area contributed by atoms with E-state index in [2.05, 4.69) is 58.7 Å². The molecule has 0 saturated carbocycles. The zero-order chi connectivity index (χ0) is 13.8. The number of rotatable bonds is 5. The SMILES string of the molecule is CCNC(c1ccc(Br)cc1OC)c1sccc1C. The molecule has 1 unspecified atom stereocenters. The number of aryl methyl sites for hydroxylation is 1. The predicted octanol–water partition coefficient (Wildman–Crippen LogP) is 4.53. The first-order valence-electron chi connectivity index (χ1n) is 6.28. The second-order valence-corrected chi connectivity index (χ2v) is 6.21. The number of nitrogens with one attached hydrogen (secondary N) is 1. The Bertz CT molecular complexity index is 553. The number of hydrogen-bond donors (Lipinski definition) is 1. The third-order valence-corrected chi connectivity index (χ3v) is 4.66. The molecule has 1 aromatic carbocycles. The molecular weight excluding hydrogens is 322 g/mol. The number of hydrogen-bond acceptors (Lipinski definition) is 3. The highest BCUT2D eigenvalue weighted by atomic mass is 79.9. The van der Waals surface area contributed by atoms with Gasteiger partial charge in [-0.05, 0) is 42.6 Å². The van der Waals surface area contributed by atoms with E-state index in [1.165, 1.54) is 16.0 Å². The first kappa shape index (κ1) is 14.6. The van der Waals surface area contributed by atoms with Crippen molar-refractivity contribution in [2.24, 2.45) is 0 Å². The van der Waals surface area contributed by atoms with E-state index in [9.17, 15) is 0 Å². The van der Waals surface area contributed by atoms with Crippen LogP contribution in [0.1, 0.15) is 29.0 Å². The highest BCUT2D eigenvalue weighted by Crippen LogP contribution is 2.35. The molecule has 2 nitrogen and oxygen atoms in total. The maximum Gasteiger partial charge on any atom is 0.125 e. The quantitative estimate of drug-likeness (QED) is 0.864. The number of ether oxygens (including phenoxy) is 1. The van der Waals surface area contributed by atoms with Crippen molar-refractivity contribution in [2.45, 2.75) is 19.9 Å². The van der Waals surface area contributed by atoms with Crippen LogP contribution in [0.3, 0.4) is 0 Å². The average Bonchev–Trinajstić information content (AvgIpc) is 2.82. The van der Waals surface area contributed by atoms with E-state index in [4.69, 9.17) is 4.74 Å². The second kappa shape index (κ2) is 6.55. The first-order valence-corrected chi connectivity index (χ1v) is 7.95. The molecule has 4 heteroatoms. The lowest BCUT2D eigenvalue weighted by atomic mass is 10.0. The fourth-order valence-corrected chi connectivity index (χ4v) is 3.51. The Balaban J connectivity index is 2.48. The largest absolute Gasteiger partial charge is 0.496 e. The van der Waals surface area contributed by atoms with Gasteiger partial charge in [0.25, 0.3) is 0 Å². The number of methoxy groups -OCH3 is 1. The van der Waals surface area contributed by atoms with E-state index in [0.717, 1.165) is 16.8 Å². The van der Waals surface area contributed by atoms with Gasteiger partial charge in [0.15, 0.2) is 0 Å². The molecule has 2 aromatic rings. The Labute approximate surface area is 126 Å². The molecule has 0 amide bonds. The van der Waals surface area contributed by atoms with E-state index in [-0.39, 0.29) is 6.04 Å². The minimum Gasteiger partial charge on any atom is -0.496 e. The lowest BCUT2D eigenvalue weighted by Crippen LogP contribution is -2.22. The lowest BCUT2D eigenvalue weighted by Gasteiger charge is -2.21. The van der Waals surface area contributed by atoms with Crippen molar-refractivity contribution < 1.29 is 4.74 Å². The standard InChI is InChI=1S/C15H18BrNOS/c1-4-17-14(15-10(2)7-8-19-15)12-6-5-11(16)9-13(12)18-3/h5-9,14,17H,4H2,1-3H3. The van der Waals surface area contributed by atoms with Crippen LogP contribution >= 0.6 is 27.3 Å². The van der Waals surface area contributed by atoms with E-state index in [1.807, 2.05) is 6.07 Å². The Hall–Kier alpha value is -0.840. The van der Waals surface area contributed by atoms with Crippen molar-refractivity contribution >= 4 is 27.3 Å². The van der Waals surface area contributed by atoms with E-state index >= 15 is 0 Å². The van der Waals surface area contributed by atoms with Crippen LogP contribution in [0.15, 0.2) is 34.1 Å². The summed E-state index contributed by atoms with van der Waals surface area (Å²) in [5.41, 5.74) is 2.50. The van der Waals surface area contributed by atoms with E-state index in [1.54, 1.807) is 18.4 Å². The fourth-order valence-electron chi connectivity index (χ4n) is 2.15. The number of halogens is 1.